The van der Waals surface area contributed by atoms with Crippen LogP contribution in [0.25, 0.3) is 0 Å². The van der Waals surface area contributed by atoms with Crippen LogP contribution < -0.4 is 5.32 Å². The number of nitrogens with one attached hydrogen (secondary N) is 1. The number of benzene rings is 2. The Kier molecular flexibility index (Phi) is 5.87. The van der Waals surface area contributed by atoms with Crippen molar-refractivity contribution in [2.75, 3.05) is 5.32 Å². The molecule has 2 aromatic carbocycles. The van der Waals surface area contributed by atoms with E-state index >= 15 is 0 Å². The summed E-state index contributed by atoms with van der Waals surface area (Å²) in [6.45, 7) is 4.13. The normalized spacial score (nSPS) is 11.4. The molecule has 1 aromatic heterocycles. The van der Waals surface area contributed by atoms with Gasteiger partial charge in [0.1, 0.15) is 6.33 Å². The predicted octanol–water partition coefficient (Wildman–Crippen LogP) is 4.93. The van der Waals surface area contributed by atoms with Crippen LogP contribution >= 0.6 is 23.4 Å². The van der Waals surface area contributed by atoms with Gasteiger partial charge in [-0.3, -0.25) is 4.79 Å². The first kappa shape index (κ1) is 19.5. The van der Waals surface area contributed by atoms with Gasteiger partial charge in [0.25, 0.3) is 0 Å². The fraction of sp³-hybridized carbons (Fsp3) is 0.250. The molecule has 3 rings (SSSR count). The second kappa shape index (κ2) is 8.15. The second-order valence-electron chi connectivity index (χ2n) is 6.95. The van der Waals surface area contributed by atoms with E-state index in [4.69, 9.17) is 11.6 Å². The van der Waals surface area contributed by atoms with Gasteiger partial charge < -0.3 is 9.88 Å². The molecule has 0 aliphatic rings. The summed E-state index contributed by atoms with van der Waals surface area (Å²) < 4.78 is 1.82. The molecular weight excluding hydrogens is 380 g/mol. The Hall–Kier alpha value is -2.31. The number of hydrogen-bond donors (Lipinski definition) is 1. The third kappa shape index (κ3) is 4.90. The van der Waals surface area contributed by atoms with Crippen molar-refractivity contribution < 1.29 is 4.79 Å². The highest BCUT2D eigenvalue weighted by atomic mass is 35.5. The van der Waals surface area contributed by atoms with E-state index in [-0.39, 0.29) is 11.3 Å². The average molecular weight is 401 g/mol. The summed E-state index contributed by atoms with van der Waals surface area (Å²) in [5, 5.41) is 12.1. The molecule has 0 unspecified atom stereocenters. The maximum absolute atomic E-state index is 12.5. The molecule has 1 N–H and O–H groups in total. The van der Waals surface area contributed by atoms with Crippen LogP contribution in [0.15, 0.2) is 64.9 Å². The lowest BCUT2D eigenvalue weighted by molar-refractivity contribution is -0.117. The quantitative estimate of drug-likeness (QED) is 0.637. The van der Waals surface area contributed by atoms with Gasteiger partial charge >= 0.3 is 0 Å². The van der Waals surface area contributed by atoms with Gasteiger partial charge in [0, 0.05) is 24.1 Å². The number of aryl methyl sites for hydroxylation is 1. The van der Waals surface area contributed by atoms with Crippen LogP contribution in [0.2, 0.25) is 5.02 Å². The Labute approximate surface area is 168 Å². The standard InChI is InChI=1S/C20H21ClN4OS/c1-20(2,14-7-5-4-6-8-14)12-18(26)23-15-9-10-17(16(21)11-15)27-19-24-22-13-25(19)3/h4-11,13H,12H2,1-3H3,(H,23,26). The molecule has 0 aliphatic carbocycles. The number of amides is 1. The minimum atomic E-state index is -0.254. The minimum absolute atomic E-state index is 0.0476. The van der Waals surface area contributed by atoms with Crippen LogP contribution in [0, 0.1) is 0 Å². The Balaban J connectivity index is 1.66. The SMILES string of the molecule is Cn1cnnc1Sc1ccc(NC(=O)CC(C)(C)c2ccccc2)cc1Cl. The van der Waals surface area contributed by atoms with Crippen LogP contribution in [0.3, 0.4) is 0 Å². The van der Waals surface area contributed by atoms with Crippen LogP contribution in [0.5, 0.6) is 0 Å². The minimum Gasteiger partial charge on any atom is -0.326 e. The molecule has 0 atom stereocenters. The molecule has 140 valence electrons. The van der Waals surface area contributed by atoms with Crippen LogP contribution in [0.1, 0.15) is 25.8 Å². The Morgan fingerprint density at radius 2 is 1.96 bits per heavy atom. The molecule has 0 spiro atoms. The summed E-state index contributed by atoms with van der Waals surface area (Å²) in [7, 11) is 1.87. The Morgan fingerprint density at radius 3 is 2.59 bits per heavy atom. The van der Waals surface area contributed by atoms with Crippen molar-refractivity contribution in [1.82, 2.24) is 14.8 Å². The van der Waals surface area contributed by atoms with Crippen molar-refractivity contribution in [2.45, 2.75) is 35.7 Å². The number of aromatic nitrogens is 3. The smallest absolute Gasteiger partial charge is 0.225 e. The van der Waals surface area contributed by atoms with Gasteiger partial charge in [0.2, 0.25) is 5.91 Å². The van der Waals surface area contributed by atoms with E-state index in [2.05, 4.69) is 29.4 Å². The number of hydrogen-bond acceptors (Lipinski definition) is 4. The molecule has 1 heterocycles. The van der Waals surface area contributed by atoms with E-state index in [1.807, 2.05) is 54.1 Å². The number of carbonyl (C=O) groups is 1. The van der Waals surface area contributed by atoms with Crippen molar-refractivity contribution in [3.8, 4) is 0 Å². The summed E-state index contributed by atoms with van der Waals surface area (Å²) >= 11 is 7.81. The number of rotatable bonds is 6. The highest BCUT2D eigenvalue weighted by molar-refractivity contribution is 7.99. The maximum atomic E-state index is 12.5. The first-order valence-corrected chi connectivity index (χ1v) is 9.71. The van der Waals surface area contributed by atoms with E-state index in [0.29, 0.717) is 17.1 Å². The molecule has 0 bridgehead atoms. The third-order valence-electron chi connectivity index (χ3n) is 4.24. The second-order valence-corrected chi connectivity index (χ2v) is 8.36. The molecule has 5 nitrogen and oxygen atoms in total. The highest BCUT2D eigenvalue weighted by Gasteiger charge is 2.24. The number of anilines is 1. The average Bonchev–Trinajstić information content (AvgIpc) is 3.02. The van der Waals surface area contributed by atoms with Crippen molar-refractivity contribution >= 4 is 35.0 Å². The van der Waals surface area contributed by atoms with Crippen LogP contribution in [0.4, 0.5) is 5.69 Å². The Morgan fingerprint density at radius 1 is 1.22 bits per heavy atom. The van der Waals surface area contributed by atoms with Crippen LogP contribution in [-0.4, -0.2) is 20.7 Å². The lowest BCUT2D eigenvalue weighted by Crippen LogP contribution is -2.25. The lowest BCUT2D eigenvalue weighted by Gasteiger charge is -2.24. The molecular formula is C20H21ClN4OS. The topological polar surface area (TPSA) is 59.8 Å². The molecule has 3 aromatic rings. The summed E-state index contributed by atoms with van der Waals surface area (Å²) in [5.41, 5.74) is 1.56. The summed E-state index contributed by atoms with van der Waals surface area (Å²) in [6, 6.07) is 15.5. The molecule has 27 heavy (non-hydrogen) atoms. The predicted molar refractivity (Wildman–Crippen MR) is 109 cm³/mol. The van der Waals surface area contributed by atoms with Crippen molar-refractivity contribution in [3.05, 3.63) is 65.4 Å². The van der Waals surface area contributed by atoms with Crippen molar-refractivity contribution in [2.24, 2.45) is 7.05 Å². The number of carbonyl (C=O) groups excluding carboxylic acids is 1. The first-order chi connectivity index (χ1) is 12.8. The molecule has 1 amide bonds. The summed E-state index contributed by atoms with van der Waals surface area (Å²) in [5.74, 6) is -0.0476. The molecule has 0 fully saturated rings. The van der Waals surface area contributed by atoms with Gasteiger partial charge in [-0.15, -0.1) is 10.2 Å². The zero-order valence-corrected chi connectivity index (χ0v) is 17.0. The maximum Gasteiger partial charge on any atom is 0.225 e. The molecule has 0 aliphatic heterocycles. The van der Waals surface area contributed by atoms with E-state index < -0.39 is 0 Å². The number of halogens is 1. The van der Waals surface area contributed by atoms with Gasteiger partial charge in [-0.2, -0.15) is 0 Å². The van der Waals surface area contributed by atoms with E-state index in [9.17, 15) is 4.79 Å². The molecule has 0 radical (unpaired) electrons. The monoisotopic (exact) mass is 400 g/mol. The van der Waals surface area contributed by atoms with Gasteiger partial charge in [-0.05, 0) is 40.9 Å². The third-order valence-corrected chi connectivity index (χ3v) is 5.80. The van der Waals surface area contributed by atoms with E-state index in [0.717, 1.165) is 15.6 Å². The van der Waals surface area contributed by atoms with Crippen molar-refractivity contribution in [1.29, 1.82) is 0 Å². The van der Waals surface area contributed by atoms with Gasteiger partial charge in [-0.1, -0.05) is 55.8 Å². The highest BCUT2D eigenvalue weighted by Crippen LogP contribution is 2.34. The van der Waals surface area contributed by atoms with Gasteiger partial charge in [-0.25, -0.2) is 0 Å². The molecule has 0 saturated heterocycles. The van der Waals surface area contributed by atoms with E-state index in [1.54, 1.807) is 12.4 Å². The van der Waals surface area contributed by atoms with E-state index in [1.165, 1.54) is 11.8 Å². The zero-order chi connectivity index (χ0) is 19.4. The van der Waals surface area contributed by atoms with Gasteiger partial charge in [0.15, 0.2) is 5.16 Å². The largest absolute Gasteiger partial charge is 0.326 e. The number of nitrogens with zero attached hydrogens (tertiary/aromatic N) is 3. The van der Waals surface area contributed by atoms with Crippen molar-refractivity contribution in [3.63, 3.8) is 0 Å². The Bertz CT molecular complexity index is 940. The zero-order valence-electron chi connectivity index (χ0n) is 15.4. The summed E-state index contributed by atoms with van der Waals surface area (Å²) in [4.78, 5) is 13.4. The summed E-state index contributed by atoms with van der Waals surface area (Å²) in [6.07, 6.45) is 2.02. The van der Waals surface area contributed by atoms with Crippen LogP contribution in [-0.2, 0) is 17.3 Å². The van der Waals surface area contributed by atoms with Gasteiger partial charge in [0.05, 0.1) is 5.02 Å². The lowest BCUT2D eigenvalue weighted by atomic mass is 9.81. The first-order valence-electron chi connectivity index (χ1n) is 8.52. The fourth-order valence-corrected chi connectivity index (χ4v) is 3.79. The molecule has 7 heteroatoms. The molecule has 0 saturated carbocycles. The fourth-order valence-electron chi connectivity index (χ4n) is 2.72.